The Labute approximate surface area is 93.9 Å². The van der Waals surface area contributed by atoms with Gasteiger partial charge in [0, 0.05) is 0 Å². The molecule has 0 spiro atoms. The van der Waals surface area contributed by atoms with Gasteiger partial charge < -0.3 is 14.6 Å². The Kier molecular flexibility index (Phi) is 3.28. The molecule has 2 aromatic rings. The smallest absolute Gasteiger partial charge is 0.231 e. The van der Waals surface area contributed by atoms with Crippen molar-refractivity contribution < 1.29 is 14.6 Å². The molecule has 0 saturated heterocycles. The first kappa shape index (κ1) is 10.4. The maximum absolute atomic E-state index is 8.63. The van der Waals surface area contributed by atoms with Crippen LogP contribution in [0.1, 0.15) is 0 Å². The van der Waals surface area contributed by atoms with E-state index in [0.717, 1.165) is 11.5 Å². The minimum absolute atomic E-state index is 0.322. The molecule has 0 fully saturated rings. The van der Waals surface area contributed by atoms with Crippen LogP contribution in [0, 0.1) is 0 Å². The summed E-state index contributed by atoms with van der Waals surface area (Å²) < 4.78 is 10.2. The van der Waals surface area contributed by atoms with Crippen LogP contribution >= 0.6 is 0 Å². The Morgan fingerprint density at radius 3 is 1.69 bits per heavy atom. The third kappa shape index (κ3) is 2.67. The highest BCUT2D eigenvalue weighted by Gasteiger charge is 2.09. The summed E-state index contributed by atoms with van der Waals surface area (Å²) in [7, 11) is 0. The minimum Gasteiger partial charge on any atom is -0.508 e. The van der Waals surface area contributed by atoms with Crippen molar-refractivity contribution in [1.29, 1.82) is 0 Å². The summed E-state index contributed by atoms with van der Waals surface area (Å²) in [4.78, 5) is 0. The molecule has 82 valence electrons. The van der Waals surface area contributed by atoms with Crippen molar-refractivity contribution in [2.24, 2.45) is 0 Å². The molecule has 0 amide bonds. The first-order chi connectivity index (χ1) is 7.86. The molecule has 3 heteroatoms. The molecule has 0 bridgehead atoms. The van der Waals surface area contributed by atoms with Gasteiger partial charge in [0.2, 0.25) is 6.79 Å². The van der Waals surface area contributed by atoms with E-state index in [-0.39, 0.29) is 0 Å². The van der Waals surface area contributed by atoms with Gasteiger partial charge in [-0.05, 0) is 24.3 Å². The zero-order valence-electron chi connectivity index (χ0n) is 8.67. The van der Waals surface area contributed by atoms with Crippen LogP contribution in [0.5, 0.6) is 17.2 Å². The van der Waals surface area contributed by atoms with Crippen molar-refractivity contribution in [2.75, 3.05) is 6.79 Å². The molecular formula is C13H12O3. The average Bonchev–Trinajstić information content (AvgIpc) is 2.79. The molecular weight excluding hydrogens is 204 g/mol. The van der Waals surface area contributed by atoms with Crippen molar-refractivity contribution in [2.45, 2.75) is 0 Å². The Hall–Kier alpha value is -2.16. The number of aromatic hydroxyl groups is 1. The molecule has 3 rings (SSSR count). The number of fused-ring (bicyclic) bond motifs is 1. The minimum atomic E-state index is 0.322. The molecule has 0 saturated carbocycles. The summed E-state index contributed by atoms with van der Waals surface area (Å²) in [5.74, 6) is 2.01. The lowest BCUT2D eigenvalue weighted by Gasteiger charge is -1.89. The Balaban J connectivity index is 0.000000125. The normalized spacial score (nSPS) is 11.5. The molecule has 1 N–H and O–H groups in total. The average molecular weight is 216 g/mol. The van der Waals surface area contributed by atoms with Gasteiger partial charge in [-0.15, -0.1) is 0 Å². The molecule has 3 nitrogen and oxygen atoms in total. The maximum Gasteiger partial charge on any atom is 0.231 e. The Bertz CT molecular complexity index is 417. The van der Waals surface area contributed by atoms with Crippen LogP contribution < -0.4 is 9.47 Å². The number of ether oxygens (including phenoxy) is 2. The van der Waals surface area contributed by atoms with Crippen LogP contribution in [0.2, 0.25) is 0 Å². The standard InChI is InChI=1S/C7H6O2.C6H6O/c1-2-4-7-6(3-1)8-5-9-7;7-6-4-2-1-3-5-6/h1-4H,5H2;1-5,7H. The summed E-state index contributed by atoms with van der Waals surface area (Å²) in [6.07, 6.45) is 0. The predicted molar refractivity (Wildman–Crippen MR) is 60.7 cm³/mol. The van der Waals surface area contributed by atoms with Gasteiger partial charge in [0.15, 0.2) is 11.5 Å². The van der Waals surface area contributed by atoms with E-state index >= 15 is 0 Å². The van der Waals surface area contributed by atoms with E-state index in [1.807, 2.05) is 30.3 Å². The third-order valence-corrected chi connectivity index (χ3v) is 2.03. The van der Waals surface area contributed by atoms with Crippen LogP contribution in [0.15, 0.2) is 54.6 Å². The van der Waals surface area contributed by atoms with E-state index < -0.39 is 0 Å². The van der Waals surface area contributed by atoms with Gasteiger partial charge in [-0.3, -0.25) is 0 Å². The molecule has 0 aromatic heterocycles. The Morgan fingerprint density at radius 2 is 1.25 bits per heavy atom. The number of para-hydroxylation sites is 3. The van der Waals surface area contributed by atoms with Gasteiger partial charge in [-0.2, -0.15) is 0 Å². The predicted octanol–water partition coefficient (Wildman–Crippen LogP) is 2.81. The van der Waals surface area contributed by atoms with Crippen LogP contribution in [-0.2, 0) is 0 Å². The van der Waals surface area contributed by atoms with Gasteiger partial charge in [-0.25, -0.2) is 0 Å². The highest BCUT2D eigenvalue weighted by atomic mass is 16.7. The van der Waals surface area contributed by atoms with Crippen molar-refractivity contribution >= 4 is 0 Å². The highest BCUT2D eigenvalue weighted by Crippen LogP contribution is 2.30. The lowest BCUT2D eigenvalue weighted by Crippen LogP contribution is -1.92. The van der Waals surface area contributed by atoms with Crippen LogP contribution in [0.25, 0.3) is 0 Å². The quantitative estimate of drug-likeness (QED) is 0.736. The van der Waals surface area contributed by atoms with Gasteiger partial charge in [0.05, 0.1) is 0 Å². The zero-order valence-corrected chi connectivity index (χ0v) is 8.67. The van der Waals surface area contributed by atoms with Crippen molar-refractivity contribution in [3.05, 3.63) is 54.6 Å². The van der Waals surface area contributed by atoms with Gasteiger partial charge in [0.1, 0.15) is 5.75 Å². The van der Waals surface area contributed by atoms with Crippen molar-refractivity contribution in [3.63, 3.8) is 0 Å². The van der Waals surface area contributed by atoms with Crippen LogP contribution in [-0.4, -0.2) is 11.9 Å². The lowest BCUT2D eigenvalue weighted by atomic mass is 10.3. The molecule has 2 aromatic carbocycles. The second-order valence-electron chi connectivity index (χ2n) is 3.19. The van der Waals surface area contributed by atoms with Crippen LogP contribution in [0.3, 0.4) is 0 Å². The van der Waals surface area contributed by atoms with E-state index in [9.17, 15) is 0 Å². The number of phenolic OH excluding ortho intramolecular Hbond substituents is 1. The molecule has 0 atom stereocenters. The molecule has 16 heavy (non-hydrogen) atoms. The Morgan fingerprint density at radius 1 is 0.750 bits per heavy atom. The topological polar surface area (TPSA) is 38.7 Å². The number of hydrogen-bond donors (Lipinski definition) is 1. The molecule has 0 radical (unpaired) electrons. The van der Waals surface area contributed by atoms with Crippen molar-refractivity contribution in [1.82, 2.24) is 0 Å². The van der Waals surface area contributed by atoms with Crippen molar-refractivity contribution in [3.8, 4) is 17.2 Å². The number of phenols is 1. The molecule has 1 aliphatic heterocycles. The highest BCUT2D eigenvalue weighted by molar-refractivity contribution is 5.40. The lowest BCUT2D eigenvalue weighted by molar-refractivity contribution is 0.174. The summed E-state index contributed by atoms with van der Waals surface area (Å²) in [6.45, 7) is 0.360. The largest absolute Gasteiger partial charge is 0.508 e. The molecule has 1 aliphatic rings. The van der Waals surface area contributed by atoms with E-state index in [4.69, 9.17) is 14.6 Å². The summed E-state index contributed by atoms with van der Waals surface area (Å²) >= 11 is 0. The second kappa shape index (κ2) is 5.07. The van der Waals surface area contributed by atoms with Gasteiger partial charge >= 0.3 is 0 Å². The number of rotatable bonds is 0. The van der Waals surface area contributed by atoms with E-state index in [1.54, 1.807) is 24.3 Å². The zero-order chi connectivity index (χ0) is 11.2. The third-order valence-electron chi connectivity index (χ3n) is 2.03. The van der Waals surface area contributed by atoms with E-state index in [2.05, 4.69) is 0 Å². The molecule has 1 heterocycles. The molecule has 0 aliphatic carbocycles. The van der Waals surface area contributed by atoms with E-state index in [0.29, 0.717) is 12.5 Å². The van der Waals surface area contributed by atoms with Crippen LogP contribution in [0.4, 0.5) is 0 Å². The fourth-order valence-corrected chi connectivity index (χ4v) is 1.27. The van der Waals surface area contributed by atoms with Gasteiger partial charge in [0.25, 0.3) is 0 Å². The molecule has 0 unspecified atom stereocenters. The van der Waals surface area contributed by atoms with Gasteiger partial charge in [-0.1, -0.05) is 30.3 Å². The summed E-state index contributed by atoms with van der Waals surface area (Å²) in [6, 6.07) is 16.3. The first-order valence-corrected chi connectivity index (χ1v) is 4.95. The first-order valence-electron chi connectivity index (χ1n) is 4.95. The SMILES string of the molecule is Oc1ccccc1.c1ccc2c(c1)OCO2. The monoisotopic (exact) mass is 216 g/mol. The summed E-state index contributed by atoms with van der Waals surface area (Å²) in [5, 5.41) is 8.63. The maximum atomic E-state index is 8.63. The fraction of sp³-hybridized carbons (Fsp3) is 0.0769. The number of benzene rings is 2. The number of hydrogen-bond acceptors (Lipinski definition) is 3. The second-order valence-corrected chi connectivity index (χ2v) is 3.19. The van der Waals surface area contributed by atoms with E-state index in [1.165, 1.54) is 0 Å². The fourth-order valence-electron chi connectivity index (χ4n) is 1.27. The summed E-state index contributed by atoms with van der Waals surface area (Å²) in [5.41, 5.74) is 0.